The number of aliphatic hydroxyl groups excluding tert-OH is 3. The zero-order chi connectivity index (χ0) is 53.6. The van der Waals surface area contributed by atoms with Crippen molar-refractivity contribution >= 4 is 33.4 Å². The second kappa shape index (κ2) is 39.1. The maximum atomic E-state index is 12.9. The highest BCUT2D eigenvalue weighted by Gasteiger charge is 2.46. The zero-order valence-corrected chi connectivity index (χ0v) is 44.3. The van der Waals surface area contributed by atoms with E-state index in [0.717, 1.165) is 94.2 Å². The molecule has 2 unspecified atom stereocenters. The Morgan fingerprint density at radius 3 is 1.97 bits per heavy atom. The first-order chi connectivity index (χ1) is 35.1. The molecule has 7 N–H and O–H groups in total. The van der Waals surface area contributed by atoms with Gasteiger partial charge in [-0.3, -0.25) is 23.2 Å². The van der Waals surface area contributed by atoms with Crippen molar-refractivity contribution in [2.45, 2.75) is 173 Å². The van der Waals surface area contributed by atoms with E-state index in [1.165, 1.54) is 6.07 Å². The number of phosphoric ester groups is 2. The molecule has 1 aliphatic rings. The van der Waals surface area contributed by atoms with Gasteiger partial charge < -0.3 is 45.1 Å². The van der Waals surface area contributed by atoms with E-state index in [1.54, 1.807) is 6.08 Å². The molecule has 0 aliphatic carbocycles. The summed E-state index contributed by atoms with van der Waals surface area (Å²) in [7, 11) is -10.9. The average molecular weight is 1070 g/mol. The molecule has 1 aromatic heterocycles. The summed E-state index contributed by atoms with van der Waals surface area (Å²) in [6, 6.07) is 1.24. The second-order valence-corrected chi connectivity index (χ2v) is 20.2. The topological polar surface area (TPSA) is 286 Å². The molecule has 21 heteroatoms. The van der Waals surface area contributed by atoms with Gasteiger partial charge in [0.05, 0.1) is 19.3 Å². The summed E-state index contributed by atoms with van der Waals surface area (Å²) in [6.07, 6.45) is 39.6. The predicted molar refractivity (Wildman–Crippen MR) is 281 cm³/mol. The largest absolute Gasteiger partial charge is 0.481 e. The van der Waals surface area contributed by atoms with Crippen molar-refractivity contribution in [3.8, 4) is 0 Å². The van der Waals surface area contributed by atoms with Gasteiger partial charge in [-0.25, -0.2) is 13.9 Å². The van der Waals surface area contributed by atoms with Gasteiger partial charge in [-0.2, -0.15) is 9.29 Å². The number of allylic oxidation sites excluding steroid dienone is 15. The zero-order valence-electron chi connectivity index (χ0n) is 42.5. The average Bonchev–Trinajstić information content (AvgIpc) is 3.62. The highest BCUT2D eigenvalue weighted by atomic mass is 31.3. The van der Waals surface area contributed by atoms with Gasteiger partial charge in [-0.15, -0.1) is 0 Å². The number of carbonyl (C=O) groups excluding carboxylic acids is 2. The van der Waals surface area contributed by atoms with Crippen LogP contribution in [0, 0.1) is 0 Å². The molecule has 0 amide bonds. The van der Waals surface area contributed by atoms with Crippen LogP contribution in [0.1, 0.15) is 142 Å². The monoisotopic (exact) mass is 1070 g/mol. The number of ether oxygens (including phenoxy) is 3. The van der Waals surface area contributed by atoms with Gasteiger partial charge in [-0.05, 0) is 83.1 Å². The van der Waals surface area contributed by atoms with Crippen molar-refractivity contribution in [1.82, 2.24) is 9.55 Å². The third-order valence-corrected chi connectivity index (χ3v) is 13.4. The molecule has 8 atom stereocenters. The standard InChI is InChI=1S/C52H81N3O16P2/c1-3-5-7-8-9-10-11-12-13-14-15-16-19-22-25-28-32-36-47(57)66-40-44(69-48(58)37-33-29-26-23-20-17-18-21-24-27-31-35-43(56)34-30-6-4-2)41-67-72(62,63)71-73(64,65)68-42-45-49(59)50(60)51(70-45)55-39-38-46(53)54-52(55)61/h5,7,9-10,12-13,15-18,23-24,26-27,31,35,38-39,43-45,49-51,56,59-60H,3-4,6,8,11,14,19-22,25,28-30,32-34,36-37,40-42H2,1-2H3,(H,62,63)(H,64,65)(H2,53,54,61)/b7-5-,10-9-,13-12-,16-15-,18-17-,26-23-,27-24-,35-31+/t43-,44+,45+,49+,50+,51+/m0/s1. The summed E-state index contributed by atoms with van der Waals surface area (Å²) in [4.78, 5) is 61.9. The number of rotatable bonds is 40. The van der Waals surface area contributed by atoms with Gasteiger partial charge in [0.25, 0.3) is 0 Å². The van der Waals surface area contributed by atoms with Crippen LogP contribution in [-0.2, 0) is 46.3 Å². The maximum absolute atomic E-state index is 12.9. The van der Waals surface area contributed by atoms with Gasteiger partial charge in [0.15, 0.2) is 12.3 Å². The Labute approximate surface area is 431 Å². The normalized spacial score (nSPS) is 20.2. The SMILES string of the molecule is CC/C=C\C/C=C\C/C=C\C/C=C\CCCCCCC(=O)OC[C@H](COP(=O)(O)OP(=O)(O)OC[C@H]1O[C@@H](n2ccc(N)nc2=O)[C@H](O)[C@@H]1O)OC(=O)CCC/C=C\C/C=C\C/C=C\C=C\[C@@H](O)CCCCC. The summed E-state index contributed by atoms with van der Waals surface area (Å²) < 4.78 is 56.7. The van der Waals surface area contributed by atoms with Crippen LogP contribution < -0.4 is 11.4 Å². The van der Waals surface area contributed by atoms with E-state index in [-0.39, 0.29) is 18.7 Å². The molecule has 1 saturated heterocycles. The van der Waals surface area contributed by atoms with Gasteiger partial charge in [0.2, 0.25) is 0 Å². The van der Waals surface area contributed by atoms with Crippen molar-refractivity contribution in [2.24, 2.45) is 0 Å². The number of esters is 2. The van der Waals surface area contributed by atoms with Gasteiger partial charge in [0, 0.05) is 19.0 Å². The minimum absolute atomic E-state index is 0.0573. The van der Waals surface area contributed by atoms with E-state index in [4.69, 9.17) is 29.0 Å². The van der Waals surface area contributed by atoms with Gasteiger partial charge in [0.1, 0.15) is 30.7 Å². The fourth-order valence-electron chi connectivity index (χ4n) is 6.82. The molecule has 2 rings (SSSR count). The highest BCUT2D eigenvalue weighted by Crippen LogP contribution is 2.60. The van der Waals surface area contributed by atoms with Crippen molar-refractivity contribution < 1.29 is 71.4 Å². The number of nitrogens with zero attached hydrogens (tertiary/aromatic N) is 2. The highest BCUT2D eigenvalue weighted by molar-refractivity contribution is 7.61. The van der Waals surface area contributed by atoms with E-state index in [1.807, 2.05) is 42.5 Å². The number of aliphatic hydroxyl groups is 3. The smallest absolute Gasteiger partial charge is 0.462 e. The van der Waals surface area contributed by atoms with Crippen LogP contribution >= 0.6 is 15.6 Å². The molecule has 1 fully saturated rings. The first-order valence-corrected chi connectivity index (χ1v) is 28.3. The summed E-state index contributed by atoms with van der Waals surface area (Å²) in [5.74, 6) is -1.44. The molecule has 0 saturated carbocycles. The number of unbranched alkanes of at least 4 members (excludes halogenated alkanes) is 7. The lowest BCUT2D eigenvalue weighted by Gasteiger charge is -2.21. The van der Waals surface area contributed by atoms with E-state index < -0.39 is 89.8 Å². The molecular weight excluding hydrogens is 985 g/mol. The Kier molecular flexibility index (Phi) is 34.7. The van der Waals surface area contributed by atoms with Crippen LogP contribution in [0.5, 0.6) is 0 Å². The first kappa shape index (κ1) is 64.8. The fourth-order valence-corrected chi connectivity index (χ4v) is 8.93. The van der Waals surface area contributed by atoms with E-state index in [2.05, 4.69) is 71.8 Å². The molecule has 0 aromatic carbocycles. The minimum Gasteiger partial charge on any atom is -0.462 e. The van der Waals surface area contributed by atoms with Gasteiger partial charge >= 0.3 is 33.3 Å². The van der Waals surface area contributed by atoms with E-state index >= 15 is 0 Å². The van der Waals surface area contributed by atoms with Crippen molar-refractivity contribution in [2.75, 3.05) is 25.6 Å². The number of carbonyl (C=O) groups is 2. The number of nitrogens with two attached hydrogens (primary N) is 1. The molecule has 19 nitrogen and oxygen atoms in total. The second-order valence-electron chi connectivity index (χ2n) is 17.1. The first-order valence-electron chi connectivity index (χ1n) is 25.4. The number of aromatic nitrogens is 2. The van der Waals surface area contributed by atoms with Gasteiger partial charge in [-0.1, -0.05) is 143 Å². The van der Waals surface area contributed by atoms with Crippen molar-refractivity contribution in [3.05, 3.63) is 120 Å². The van der Waals surface area contributed by atoms with E-state index in [0.29, 0.717) is 25.7 Å². The number of anilines is 1. The molecule has 2 heterocycles. The van der Waals surface area contributed by atoms with Crippen LogP contribution in [0.2, 0.25) is 0 Å². The lowest BCUT2D eigenvalue weighted by atomic mass is 10.1. The Hall–Kier alpha value is -4.36. The Morgan fingerprint density at radius 2 is 1.33 bits per heavy atom. The van der Waals surface area contributed by atoms with Crippen LogP contribution in [0.25, 0.3) is 0 Å². The molecule has 1 aromatic rings. The maximum Gasteiger partial charge on any atom is 0.481 e. The Morgan fingerprint density at radius 1 is 0.740 bits per heavy atom. The molecule has 0 radical (unpaired) electrons. The molecule has 73 heavy (non-hydrogen) atoms. The molecule has 0 spiro atoms. The summed E-state index contributed by atoms with van der Waals surface area (Å²) in [5, 5.41) is 30.9. The fraction of sp³-hybridized carbons (Fsp3) is 0.577. The van der Waals surface area contributed by atoms with Crippen LogP contribution in [0.4, 0.5) is 5.82 Å². The lowest BCUT2D eigenvalue weighted by molar-refractivity contribution is -0.161. The minimum atomic E-state index is -5.46. The number of nitrogen functional groups attached to an aromatic ring is 1. The Bertz CT molecular complexity index is 2120. The van der Waals surface area contributed by atoms with Crippen LogP contribution in [0.15, 0.2) is 114 Å². The van der Waals surface area contributed by atoms with Crippen molar-refractivity contribution in [1.29, 1.82) is 0 Å². The lowest BCUT2D eigenvalue weighted by Crippen LogP contribution is -2.36. The van der Waals surface area contributed by atoms with Crippen LogP contribution in [0.3, 0.4) is 0 Å². The third kappa shape index (κ3) is 31.9. The summed E-state index contributed by atoms with van der Waals surface area (Å²) >= 11 is 0. The van der Waals surface area contributed by atoms with E-state index in [9.17, 15) is 48.6 Å². The Balaban J connectivity index is 1.85. The predicted octanol–water partition coefficient (Wildman–Crippen LogP) is 9.41. The third-order valence-electron chi connectivity index (χ3n) is 10.8. The van der Waals surface area contributed by atoms with Crippen LogP contribution in [-0.4, -0.2) is 96.9 Å². The molecular formula is C52H81N3O16P2. The quantitative estimate of drug-likeness (QED) is 0.0117. The number of hydrogen-bond donors (Lipinski definition) is 6. The molecule has 0 bridgehead atoms. The summed E-state index contributed by atoms with van der Waals surface area (Å²) in [5.41, 5.74) is 4.57. The molecule has 410 valence electrons. The number of hydrogen-bond acceptors (Lipinski definition) is 16. The molecule has 1 aliphatic heterocycles. The summed E-state index contributed by atoms with van der Waals surface area (Å²) in [6.45, 7) is 1.82. The van der Waals surface area contributed by atoms with Crippen molar-refractivity contribution in [3.63, 3.8) is 0 Å². The number of phosphoric acid groups is 2.